The Balaban J connectivity index is 1.71. The number of carbonyl (C=O) groups excluding carboxylic acids is 1. The van der Waals surface area contributed by atoms with Crippen LogP contribution in [0.2, 0.25) is 5.28 Å². The van der Waals surface area contributed by atoms with Crippen LogP contribution in [0.5, 0.6) is 0 Å². The molecule has 10 heteroatoms. The van der Waals surface area contributed by atoms with Crippen molar-refractivity contribution in [3.8, 4) is 5.95 Å². The molecule has 0 radical (unpaired) electrons. The van der Waals surface area contributed by atoms with Gasteiger partial charge in [0.05, 0.1) is 0 Å². The molecule has 9 nitrogen and oxygen atoms in total. The summed E-state index contributed by atoms with van der Waals surface area (Å²) in [6, 6.07) is 0.0767. The summed E-state index contributed by atoms with van der Waals surface area (Å²) < 4.78 is 1.39. The van der Waals surface area contributed by atoms with E-state index in [0.29, 0.717) is 18.9 Å². The molecule has 1 atom stereocenters. The third kappa shape index (κ3) is 2.82. The van der Waals surface area contributed by atoms with Crippen molar-refractivity contribution in [1.82, 2.24) is 35.0 Å². The zero-order valence-corrected chi connectivity index (χ0v) is 11.1. The number of anilines is 1. The second kappa shape index (κ2) is 5.37. The van der Waals surface area contributed by atoms with E-state index in [-0.39, 0.29) is 23.2 Å². The molecule has 1 saturated heterocycles. The van der Waals surface area contributed by atoms with E-state index < -0.39 is 0 Å². The number of amides is 1. The summed E-state index contributed by atoms with van der Waals surface area (Å²) in [7, 11) is 0. The minimum Gasteiger partial charge on any atom is -0.352 e. The fraction of sp³-hybridized carbons (Fsp3) is 0.400. The van der Waals surface area contributed by atoms with Crippen LogP contribution in [-0.4, -0.2) is 48.2 Å². The van der Waals surface area contributed by atoms with Crippen LogP contribution >= 0.6 is 11.6 Å². The van der Waals surface area contributed by atoms with Crippen LogP contribution in [0.1, 0.15) is 12.8 Å². The molecule has 0 aliphatic carbocycles. The number of nitrogens with zero attached hydrogens (tertiary/aromatic N) is 6. The SMILES string of the molecule is O=C1CCC(CNc2nc(Cl)nc(-n3cncn3)n2)N1. The van der Waals surface area contributed by atoms with Crippen LogP contribution < -0.4 is 10.6 Å². The molecule has 20 heavy (non-hydrogen) atoms. The molecular weight excluding hydrogens is 284 g/mol. The number of aromatic nitrogens is 6. The molecule has 1 unspecified atom stereocenters. The molecule has 2 N–H and O–H groups in total. The second-order valence-corrected chi connectivity index (χ2v) is 4.59. The lowest BCUT2D eigenvalue weighted by Crippen LogP contribution is -2.32. The van der Waals surface area contributed by atoms with Gasteiger partial charge in [0.1, 0.15) is 12.7 Å². The van der Waals surface area contributed by atoms with E-state index in [1.54, 1.807) is 0 Å². The third-order valence-electron chi connectivity index (χ3n) is 2.81. The Kier molecular flexibility index (Phi) is 3.42. The average molecular weight is 295 g/mol. The van der Waals surface area contributed by atoms with Crippen LogP contribution in [0.25, 0.3) is 5.95 Å². The smallest absolute Gasteiger partial charge is 0.258 e. The van der Waals surface area contributed by atoms with Crippen molar-refractivity contribution in [3.05, 3.63) is 17.9 Å². The summed E-state index contributed by atoms with van der Waals surface area (Å²) in [6.45, 7) is 0.531. The molecule has 1 amide bonds. The Morgan fingerprint density at radius 1 is 1.45 bits per heavy atom. The molecule has 104 valence electrons. The molecule has 0 aromatic carbocycles. The molecule has 1 aliphatic rings. The Labute approximate surface area is 118 Å². The van der Waals surface area contributed by atoms with E-state index in [1.165, 1.54) is 17.3 Å². The maximum absolute atomic E-state index is 11.1. The molecule has 2 aromatic heterocycles. The van der Waals surface area contributed by atoms with Gasteiger partial charge in [-0.1, -0.05) is 0 Å². The Hall–Kier alpha value is -2.29. The summed E-state index contributed by atoms with van der Waals surface area (Å²) in [5.41, 5.74) is 0. The van der Waals surface area contributed by atoms with Crippen molar-refractivity contribution in [2.45, 2.75) is 18.9 Å². The van der Waals surface area contributed by atoms with Gasteiger partial charge in [0.15, 0.2) is 0 Å². The van der Waals surface area contributed by atoms with E-state index in [2.05, 4.69) is 35.7 Å². The average Bonchev–Trinajstić information content (AvgIpc) is 3.07. The first-order chi connectivity index (χ1) is 9.70. The van der Waals surface area contributed by atoms with Crippen molar-refractivity contribution in [2.75, 3.05) is 11.9 Å². The number of hydrogen-bond donors (Lipinski definition) is 2. The molecule has 0 spiro atoms. The highest BCUT2D eigenvalue weighted by Gasteiger charge is 2.20. The molecule has 3 rings (SSSR count). The van der Waals surface area contributed by atoms with Gasteiger partial charge in [0.25, 0.3) is 5.95 Å². The first-order valence-electron chi connectivity index (χ1n) is 6.00. The molecule has 3 heterocycles. The van der Waals surface area contributed by atoms with E-state index >= 15 is 0 Å². The summed E-state index contributed by atoms with van der Waals surface area (Å²) in [5.74, 6) is 0.672. The Morgan fingerprint density at radius 3 is 3.05 bits per heavy atom. The van der Waals surface area contributed by atoms with Crippen LogP contribution in [0.4, 0.5) is 5.95 Å². The van der Waals surface area contributed by atoms with E-state index in [0.717, 1.165) is 6.42 Å². The number of halogens is 1. The first kappa shape index (κ1) is 12.7. The van der Waals surface area contributed by atoms with Gasteiger partial charge in [0.2, 0.25) is 17.1 Å². The number of hydrogen-bond acceptors (Lipinski definition) is 7. The van der Waals surface area contributed by atoms with Gasteiger partial charge in [-0.05, 0) is 18.0 Å². The highest BCUT2D eigenvalue weighted by Crippen LogP contribution is 2.10. The van der Waals surface area contributed by atoms with Gasteiger partial charge in [-0.15, -0.1) is 0 Å². The molecule has 1 aliphatic heterocycles. The highest BCUT2D eigenvalue weighted by molar-refractivity contribution is 6.28. The van der Waals surface area contributed by atoms with Gasteiger partial charge in [-0.2, -0.15) is 24.7 Å². The van der Waals surface area contributed by atoms with Gasteiger partial charge < -0.3 is 10.6 Å². The van der Waals surface area contributed by atoms with Gasteiger partial charge in [-0.25, -0.2) is 4.98 Å². The summed E-state index contributed by atoms with van der Waals surface area (Å²) >= 11 is 5.85. The Morgan fingerprint density at radius 2 is 2.35 bits per heavy atom. The van der Waals surface area contributed by atoms with Crippen molar-refractivity contribution in [2.24, 2.45) is 0 Å². The lowest BCUT2D eigenvalue weighted by molar-refractivity contribution is -0.119. The fourth-order valence-electron chi connectivity index (χ4n) is 1.88. The molecule has 0 bridgehead atoms. The zero-order valence-electron chi connectivity index (χ0n) is 10.3. The quantitative estimate of drug-likeness (QED) is 0.803. The molecule has 0 saturated carbocycles. The van der Waals surface area contributed by atoms with Crippen molar-refractivity contribution < 1.29 is 4.79 Å². The molecule has 1 fully saturated rings. The normalized spacial score (nSPS) is 18.1. The Bertz CT molecular complexity index is 616. The monoisotopic (exact) mass is 294 g/mol. The van der Waals surface area contributed by atoms with E-state index in [9.17, 15) is 4.79 Å². The van der Waals surface area contributed by atoms with Crippen molar-refractivity contribution >= 4 is 23.5 Å². The van der Waals surface area contributed by atoms with Gasteiger partial charge >= 0.3 is 0 Å². The summed E-state index contributed by atoms with van der Waals surface area (Å²) in [6.07, 6.45) is 4.18. The zero-order chi connectivity index (χ0) is 13.9. The predicted octanol–water partition coefficient (Wildman–Crippen LogP) is -0.204. The topological polar surface area (TPSA) is 111 Å². The third-order valence-corrected chi connectivity index (χ3v) is 2.98. The first-order valence-corrected chi connectivity index (χ1v) is 6.38. The van der Waals surface area contributed by atoms with E-state index in [1.807, 2.05) is 0 Å². The van der Waals surface area contributed by atoms with Crippen LogP contribution in [-0.2, 0) is 4.79 Å². The lowest BCUT2D eigenvalue weighted by Gasteiger charge is -2.11. The standard InChI is InChI=1S/C10H11ClN8O/c11-8-16-9(13-3-6-1-2-7(20)15-6)18-10(17-8)19-5-12-4-14-19/h4-6H,1-3H2,(H,15,20)(H,13,16,17,18). The highest BCUT2D eigenvalue weighted by atomic mass is 35.5. The van der Waals surface area contributed by atoms with Gasteiger partial charge in [-0.3, -0.25) is 4.79 Å². The number of carbonyl (C=O) groups is 1. The minimum atomic E-state index is 0.0588. The minimum absolute atomic E-state index is 0.0588. The fourth-order valence-corrected chi connectivity index (χ4v) is 2.03. The van der Waals surface area contributed by atoms with Crippen molar-refractivity contribution in [1.29, 1.82) is 0 Å². The van der Waals surface area contributed by atoms with Gasteiger partial charge in [0, 0.05) is 19.0 Å². The van der Waals surface area contributed by atoms with Crippen molar-refractivity contribution in [3.63, 3.8) is 0 Å². The molecule has 2 aromatic rings. The summed E-state index contributed by atoms with van der Waals surface area (Å²) in [5, 5.41) is 9.86. The molecular formula is C10H11ClN8O. The second-order valence-electron chi connectivity index (χ2n) is 4.25. The van der Waals surface area contributed by atoms with Crippen LogP contribution in [0.15, 0.2) is 12.7 Å². The van der Waals surface area contributed by atoms with E-state index in [4.69, 9.17) is 11.6 Å². The number of rotatable bonds is 4. The van der Waals surface area contributed by atoms with Crippen LogP contribution in [0.3, 0.4) is 0 Å². The van der Waals surface area contributed by atoms with Crippen LogP contribution in [0, 0.1) is 0 Å². The lowest BCUT2D eigenvalue weighted by atomic mass is 10.2. The maximum Gasteiger partial charge on any atom is 0.258 e. The summed E-state index contributed by atoms with van der Waals surface area (Å²) in [4.78, 5) is 27.1. The maximum atomic E-state index is 11.1. The largest absolute Gasteiger partial charge is 0.352 e. The number of nitrogens with one attached hydrogen (secondary N) is 2. The predicted molar refractivity (Wildman–Crippen MR) is 69.4 cm³/mol.